The molecule has 2 heterocycles. The monoisotopic (exact) mass is 303 g/mol. The summed E-state index contributed by atoms with van der Waals surface area (Å²) in [4.78, 5) is 21.3. The number of carbonyl (C=O) groups excluding carboxylic acids is 1. The van der Waals surface area contributed by atoms with Crippen LogP contribution in [0.4, 0.5) is 4.39 Å². The first-order valence-electron chi connectivity index (χ1n) is 7.25. The fourth-order valence-corrected chi connectivity index (χ4v) is 2.72. The summed E-state index contributed by atoms with van der Waals surface area (Å²) in [7, 11) is 1.62. The molecule has 1 aliphatic heterocycles. The molecule has 116 valence electrons. The third-order valence-corrected chi connectivity index (χ3v) is 3.90. The van der Waals surface area contributed by atoms with Gasteiger partial charge in [0.25, 0.3) is 0 Å². The van der Waals surface area contributed by atoms with Crippen LogP contribution in [0, 0.1) is 5.82 Å². The van der Waals surface area contributed by atoms with Crippen LogP contribution >= 0.6 is 0 Å². The van der Waals surface area contributed by atoms with E-state index in [-0.39, 0.29) is 17.6 Å². The van der Waals surface area contributed by atoms with Crippen molar-refractivity contribution in [1.29, 1.82) is 0 Å². The highest BCUT2D eigenvalue weighted by atomic mass is 19.1. The Hall–Kier alpha value is -2.21. The number of hydrogen-bond acceptors (Lipinski definition) is 3. The van der Waals surface area contributed by atoms with E-state index in [4.69, 9.17) is 4.74 Å². The number of hydrogen-bond donors (Lipinski definition) is 1. The maximum Gasteiger partial charge on any atom is 0.223 e. The molecule has 0 bridgehead atoms. The van der Waals surface area contributed by atoms with Crippen LogP contribution in [0.15, 0.2) is 30.5 Å². The van der Waals surface area contributed by atoms with Crippen molar-refractivity contribution in [1.82, 2.24) is 14.9 Å². The number of likely N-dealkylation sites (tertiary alicyclic amines) is 1. The molecule has 1 fully saturated rings. The molecule has 0 aliphatic carbocycles. The number of aromatic nitrogens is 2. The number of halogens is 1. The van der Waals surface area contributed by atoms with Gasteiger partial charge in [0, 0.05) is 38.1 Å². The number of methoxy groups -OCH3 is 1. The highest BCUT2D eigenvalue weighted by Crippen LogP contribution is 2.28. The molecule has 0 radical (unpaired) electrons. The minimum absolute atomic E-state index is 0.0478. The Morgan fingerprint density at radius 2 is 2.36 bits per heavy atom. The van der Waals surface area contributed by atoms with Gasteiger partial charge in [0.05, 0.1) is 18.5 Å². The number of amides is 1. The van der Waals surface area contributed by atoms with Gasteiger partial charge in [0.2, 0.25) is 5.91 Å². The Bertz CT molecular complexity index is 671. The normalized spacial score (nSPS) is 18.2. The summed E-state index contributed by atoms with van der Waals surface area (Å²) in [5.74, 6) is 0.653. The number of aromatic amines is 1. The molecule has 1 atom stereocenters. The van der Waals surface area contributed by atoms with Crippen molar-refractivity contribution in [3.05, 3.63) is 42.1 Å². The van der Waals surface area contributed by atoms with E-state index in [1.807, 2.05) is 6.07 Å². The lowest BCUT2D eigenvalue weighted by Crippen LogP contribution is -2.28. The number of nitrogens with one attached hydrogen (secondary N) is 1. The number of imidazole rings is 1. The average Bonchev–Trinajstić information content (AvgIpc) is 3.12. The molecule has 1 aliphatic rings. The zero-order chi connectivity index (χ0) is 15.5. The first-order valence-corrected chi connectivity index (χ1v) is 7.25. The number of H-pyrrole nitrogens is 1. The summed E-state index contributed by atoms with van der Waals surface area (Å²) in [6, 6.07) is 6.36. The number of nitrogens with zero attached hydrogens (tertiary/aromatic N) is 2. The molecule has 0 saturated carbocycles. The molecule has 1 aromatic heterocycles. The Morgan fingerprint density at radius 3 is 3.14 bits per heavy atom. The van der Waals surface area contributed by atoms with E-state index in [9.17, 15) is 9.18 Å². The van der Waals surface area contributed by atoms with Gasteiger partial charge in [-0.2, -0.15) is 0 Å². The van der Waals surface area contributed by atoms with Crippen LogP contribution in [0.25, 0.3) is 11.3 Å². The van der Waals surface area contributed by atoms with Crippen LogP contribution in [0.1, 0.15) is 18.2 Å². The fourth-order valence-electron chi connectivity index (χ4n) is 2.72. The van der Waals surface area contributed by atoms with Crippen molar-refractivity contribution >= 4 is 5.91 Å². The highest BCUT2D eigenvalue weighted by Gasteiger charge is 2.32. The van der Waals surface area contributed by atoms with Gasteiger partial charge < -0.3 is 14.6 Å². The van der Waals surface area contributed by atoms with Gasteiger partial charge in [-0.05, 0) is 12.1 Å². The molecular formula is C16H18FN3O2. The van der Waals surface area contributed by atoms with Gasteiger partial charge in [-0.25, -0.2) is 9.37 Å². The predicted molar refractivity (Wildman–Crippen MR) is 79.8 cm³/mol. The summed E-state index contributed by atoms with van der Waals surface area (Å²) in [6.45, 7) is 1.77. The molecule has 3 rings (SSSR count). The Morgan fingerprint density at radius 1 is 1.50 bits per heavy atom. The lowest BCUT2D eigenvalue weighted by Gasteiger charge is -2.15. The number of ether oxygens (including phenoxy) is 1. The summed E-state index contributed by atoms with van der Waals surface area (Å²) in [6.07, 6.45) is 2.13. The van der Waals surface area contributed by atoms with Crippen molar-refractivity contribution < 1.29 is 13.9 Å². The number of carbonyl (C=O) groups is 1. The molecule has 2 aromatic rings. The Kier molecular flexibility index (Phi) is 4.20. The SMILES string of the molecule is COCCN1CC(c2ncc(-c3cccc(F)c3)[nH]2)CC1=O. The molecule has 5 nitrogen and oxygen atoms in total. The standard InChI is InChI=1S/C16H18FN3O2/c1-22-6-5-20-10-12(8-15(20)21)16-18-9-14(19-16)11-3-2-4-13(17)7-11/h2-4,7,9,12H,5-6,8,10H2,1H3,(H,18,19). The molecule has 1 saturated heterocycles. The predicted octanol–water partition coefficient (Wildman–Crippen LogP) is 2.18. The van der Waals surface area contributed by atoms with Gasteiger partial charge in [-0.3, -0.25) is 4.79 Å². The molecular weight excluding hydrogens is 285 g/mol. The van der Waals surface area contributed by atoms with E-state index in [0.717, 1.165) is 17.1 Å². The van der Waals surface area contributed by atoms with Crippen molar-refractivity contribution in [3.8, 4) is 11.3 Å². The summed E-state index contributed by atoms with van der Waals surface area (Å²) in [5.41, 5.74) is 1.51. The van der Waals surface area contributed by atoms with Crippen molar-refractivity contribution in [3.63, 3.8) is 0 Å². The lowest BCUT2D eigenvalue weighted by atomic mass is 10.1. The zero-order valence-electron chi connectivity index (χ0n) is 12.4. The minimum Gasteiger partial charge on any atom is -0.383 e. The molecule has 1 amide bonds. The third kappa shape index (κ3) is 3.01. The van der Waals surface area contributed by atoms with Gasteiger partial charge in [-0.15, -0.1) is 0 Å². The largest absolute Gasteiger partial charge is 0.383 e. The minimum atomic E-state index is -0.282. The van der Waals surface area contributed by atoms with E-state index < -0.39 is 0 Å². The van der Waals surface area contributed by atoms with E-state index in [2.05, 4.69) is 9.97 Å². The number of rotatable bonds is 5. The maximum atomic E-state index is 13.3. The van der Waals surface area contributed by atoms with E-state index >= 15 is 0 Å². The highest BCUT2D eigenvalue weighted by molar-refractivity contribution is 5.79. The topological polar surface area (TPSA) is 58.2 Å². The zero-order valence-corrected chi connectivity index (χ0v) is 12.4. The second-order valence-corrected chi connectivity index (χ2v) is 5.43. The lowest BCUT2D eigenvalue weighted by molar-refractivity contribution is -0.128. The van der Waals surface area contributed by atoms with E-state index in [1.165, 1.54) is 12.1 Å². The van der Waals surface area contributed by atoms with Gasteiger partial charge in [0.15, 0.2) is 0 Å². The van der Waals surface area contributed by atoms with Gasteiger partial charge in [0.1, 0.15) is 11.6 Å². The molecule has 1 N–H and O–H groups in total. The molecule has 22 heavy (non-hydrogen) atoms. The molecule has 1 aromatic carbocycles. The van der Waals surface area contributed by atoms with Crippen molar-refractivity contribution in [2.24, 2.45) is 0 Å². The maximum absolute atomic E-state index is 13.3. The van der Waals surface area contributed by atoms with Gasteiger partial charge >= 0.3 is 0 Å². The second kappa shape index (κ2) is 6.27. The van der Waals surface area contributed by atoms with Crippen LogP contribution in [0.2, 0.25) is 0 Å². The quantitative estimate of drug-likeness (QED) is 0.921. The summed E-state index contributed by atoms with van der Waals surface area (Å²) < 4.78 is 18.3. The Balaban J connectivity index is 1.73. The van der Waals surface area contributed by atoms with Crippen molar-refractivity contribution in [2.45, 2.75) is 12.3 Å². The summed E-state index contributed by atoms with van der Waals surface area (Å²) in [5, 5.41) is 0. The van der Waals surface area contributed by atoms with Crippen molar-refractivity contribution in [2.75, 3.05) is 26.8 Å². The van der Waals surface area contributed by atoms with Crippen LogP contribution in [-0.2, 0) is 9.53 Å². The smallest absolute Gasteiger partial charge is 0.223 e. The summed E-state index contributed by atoms with van der Waals surface area (Å²) >= 11 is 0. The third-order valence-electron chi connectivity index (χ3n) is 3.90. The number of benzene rings is 1. The Labute approximate surface area is 128 Å². The molecule has 1 unspecified atom stereocenters. The first kappa shape index (κ1) is 14.7. The van der Waals surface area contributed by atoms with Crippen LogP contribution in [-0.4, -0.2) is 47.6 Å². The second-order valence-electron chi connectivity index (χ2n) is 5.43. The van der Waals surface area contributed by atoms with Crippen LogP contribution in [0.3, 0.4) is 0 Å². The van der Waals surface area contributed by atoms with E-state index in [1.54, 1.807) is 24.3 Å². The first-order chi connectivity index (χ1) is 10.7. The van der Waals surface area contributed by atoms with Gasteiger partial charge in [-0.1, -0.05) is 12.1 Å². The molecule has 6 heteroatoms. The average molecular weight is 303 g/mol. The molecule has 0 spiro atoms. The fraction of sp³-hybridized carbons (Fsp3) is 0.375. The van der Waals surface area contributed by atoms with E-state index in [0.29, 0.717) is 26.1 Å². The van der Waals surface area contributed by atoms with Crippen LogP contribution < -0.4 is 0 Å². The van der Waals surface area contributed by atoms with Crippen LogP contribution in [0.5, 0.6) is 0 Å².